The first-order valence-corrected chi connectivity index (χ1v) is 5.20. The van der Waals surface area contributed by atoms with E-state index in [1.807, 2.05) is 18.2 Å². The van der Waals surface area contributed by atoms with Crippen LogP contribution in [0.15, 0.2) is 30.3 Å². The Morgan fingerprint density at radius 1 is 1.38 bits per heavy atom. The second-order valence-electron chi connectivity index (χ2n) is 3.50. The largest absolute Gasteiger partial charge is 0.402 e. The zero-order valence-corrected chi connectivity index (χ0v) is 9.28. The number of nitrogens with two attached hydrogens (primary N) is 2. The molecular weight excluding hydrogens is 226 g/mol. The minimum atomic E-state index is 0.0804. The lowest BCUT2D eigenvalue weighted by Crippen LogP contribution is -2.22. The van der Waals surface area contributed by atoms with Crippen LogP contribution in [0.1, 0.15) is 6.42 Å². The molecule has 16 heavy (non-hydrogen) atoms. The van der Waals surface area contributed by atoms with Crippen LogP contribution in [-0.4, -0.2) is 16.0 Å². The highest BCUT2D eigenvalue weighted by molar-refractivity contribution is 6.35. The van der Waals surface area contributed by atoms with Gasteiger partial charge in [0, 0.05) is 12.1 Å². The monoisotopic (exact) mass is 237 g/mol. The molecule has 0 fully saturated rings. The molecule has 1 aliphatic rings. The summed E-state index contributed by atoms with van der Waals surface area (Å²) in [5.41, 5.74) is 12.1. The van der Waals surface area contributed by atoms with Gasteiger partial charge < -0.3 is 16.8 Å². The fourth-order valence-electron chi connectivity index (χ4n) is 1.46. The first-order valence-electron chi connectivity index (χ1n) is 4.82. The highest BCUT2D eigenvalue weighted by atomic mass is 35.5. The number of nitrogens with one attached hydrogen (secondary N) is 1. The molecule has 0 saturated heterocycles. The van der Waals surface area contributed by atoms with Crippen molar-refractivity contribution in [3.05, 3.63) is 35.3 Å². The summed E-state index contributed by atoms with van der Waals surface area (Å²) in [6.07, 6.45) is 7.85. The average Bonchev–Trinajstić information content (AvgIpc) is 2.25. The van der Waals surface area contributed by atoms with Gasteiger partial charge in [0.15, 0.2) is 5.82 Å². The second-order valence-corrected chi connectivity index (χ2v) is 3.88. The lowest BCUT2D eigenvalue weighted by atomic mass is 10.1. The maximum Gasteiger partial charge on any atom is 0.150 e. The summed E-state index contributed by atoms with van der Waals surface area (Å²) >= 11 is 5.97. The summed E-state index contributed by atoms with van der Waals surface area (Å²) in [5.74, 6) is 0.793. The van der Waals surface area contributed by atoms with Gasteiger partial charge in [-0.05, 0) is 6.08 Å². The molecule has 6 heteroatoms. The zero-order chi connectivity index (χ0) is 11.5. The van der Waals surface area contributed by atoms with E-state index >= 15 is 0 Å². The quantitative estimate of drug-likeness (QED) is 0.721. The van der Waals surface area contributed by atoms with E-state index in [1.54, 1.807) is 0 Å². The van der Waals surface area contributed by atoms with Crippen molar-refractivity contribution in [1.82, 2.24) is 9.97 Å². The zero-order valence-electron chi connectivity index (χ0n) is 8.52. The first kappa shape index (κ1) is 10.8. The van der Waals surface area contributed by atoms with Crippen molar-refractivity contribution < 1.29 is 0 Å². The number of allylic oxidation sites excluding steroid dienone is 2. The molecule has 5 N–H and O–H groups in total. The van der Waals surface area contributed by atoms with E-state index in [9.17, 15) is 0 Å². The van der Waals surface area contributed by atoms with E-state index in [4.69, 9.17) is 23.1 Å². The fraction of sp³-hybridized carbons (Fsp3) is 0.200. The van der Waals surface area contributed by atoms with Gasteiger partial charge >= 0.3 is 0 Å². The Hall–Kier alpha value is -1.75. The first-order chi connectivity index (χ1) is 7.66. The smallest absolute Gasteiger partial charge is 0.150 e. The molecule has 2 rings (SSSR count). The molecule has 0 aliphatic heterocycles. The Balaban J connectivity index is 2.13. The molecule has 5 nitrogen and oxygen atoms in total. The number of nitrogen functional groups attached to an aromatic ring is 1. The molecule has 0 spiro atoms. The van der Waals surface area contributed by atoms with Crippen LogP contribution in [0, 0.1) is 0 Å². The van der Waals surface area contributed by atoms with E-state index in [2.05, 4.69) is 15.3 Å². The van der Waals surface area contributed by atoms with Gasteiger partial charge in [-0.25, -0.2) is 9.97 Å². The van der Waals surface area contributed by atoms with Crippen LogP contribution in [0.25, 0.3) is 0 Å². The Morgan fingerprint density at radius 3 is 2.94 bits per heavy atom. The van der Waals surface area contributed by atoms with Crippen molar-refractivity contribution in [2.45, 2.75) is 12.5 Å². The van der Waals surface area contributed by atoms with Gasteiger partial charge in [0.05, 0.1) is 6.04 Å². The van der Waals surface area contributed by atoms with Crippen molar-refractivity contribution >= 4 is 23.2 Å². The number of rotatable bonds is 2. The molecular formula is C10H12ClN5. The lowest BCUT2D eigenvalue weighted by Gasteiger charge is -2.19. The Kier molecular flexibility index (Phi) is 2.96. The predicted octanol–water partition coefficient (Wildman–Crippen LogP) is 1.30. The van der Waals surface area contributed by atoms with Crippen molar-refractivity contribution in [1.29, 1.82) is 0 Å². The van der Waals surface area contributed by atoms with Gasteiger partial charge in [-0.3, -0.25) is 0 Å². The molecule has 0 saturated carbocycles. The summed E-state index contributed by atoms with van der Waals surface area (Å²) < 4.78 is 0. The topological polar surface area (TPSA) is 89.8 Å². The predicted molar refractivity (Wildman–Crippen MR) is 64.9 cm³/mol. The summed E-state index contributed by atoms with van der Waals surface area (Å²) in [4.78, 5) is 7.82. The normalized spacial score (nSPS) is 19.3. The van der Waals surface area contributed by atoms with E-state index in [1.165, 1.54) is 6.33 Å². The van der Waals surface area contributed by atoms with Gasteiger partial charge in [-0.2, -0.15) is 0 Å². The molecule has 0 amide bonds. The number of hydrogen-bond donors (Lipinski definition) is 3. The number of hydrogen-bond acceptors (Lipinski definition) is 5. The molecule has 1 unspecified atom stereocenters. The molecule has 0 radical (unpaired) electrons. The number of aromatic nitrogens is 2. The van der Waals surface area contributed by atoms with E-state index < -0.39 is 0 Å². The van der Waals surface area contributed by atoms with E-state index in [0.29, 0.717) is 10.8 Å². The van der Waals surface area contributed by atoms with Crippen molar-refractivity contribution in [2.24, 2.45) is 5.73 Å². The highest BCUT2D eigenvalue weighted by Crippen LogP contribution is 2.25. The maximum atomic E-state index is 5.97. The van der Waals surface area contributed by atoms with Crippen LogP contribution in [-0.2, 0) is 0 Å². The standard InChI is InChI=1S/C10H12ClN5/c11-8-9(13)14-5-15-10(8)16-7-3-1-2-6(12)4-7/h1-3,5,7H,4,12H2,(H3,13,14,15,16). The minimum absolute atomic E-state index is 0.0804. The van der Waals surface area contributed by atoms with Gasteiger partial charge in [-0.15, -0.1) is 0 Å². The van der Waals surface area contributed by atoms with Crippen LogP contribution in [0.5, 0.6) is 0 Å². The lowest BCUT2D eigenvalue weighted by molar-refractivity contribution is 0.824. The molecule has 1 heterocycles. The van der Waals surface area contributed by atoms with Crippen LogP contribution in [0.2, 0.25) is 5.02 Å². The third-order valence-corrected chi connectivity index (χ3v) is 2.62. The van der Waals surface area contributed by atoms with Gasteiger partial charge in [-0.1, -0.05) is 23.8 Å². The minimum Gasteiger partial charge on any atom is -0.402 e. The third-order valence-electron chi connectivity index (χ3n) is 2.25. The fourth-order valence-corrected chi connectivity index (χ4v) is 1.61. The SMILES string of the molecule is NC1=CC=CC(Nc2ncnc(N)c2Cl)C1. The van der Waals surface area contributed by atoms with Gasteiger partial charge in [0.25, 0.3) is 0 Å². The third kappa shape index (κ3) is 2.25. The van der Waals surface area contributed by atoms with Crippen molar-refractivity contribution in [2.75, 3.05) is 11.1 Å². The Labute approximate surface area is 98.2 Å². The number of nitrogens with zero attached hydrogens (tertiary/aromatic N) is 2. The van der Waals surface area contributed by atoms with Crippen molar-refractivity contribution in [3.8, 4) is 0 Å². The Bertz CT molecular complexity index is 455. The summed E-state index contributed by atoms with van der Waals surface area (Å²) in [5, 5.41) is 3.49. The summed E-state index contributed by atoms with van der Waals surface area (Å²) in [7, 11) is 0. The molecule has 1 atom stereocenters. The summed E-state index contributed by atoms with van der Waals surface area (Å²) in [6, 6.07) is 0.0804. The Morgan fingerprint density at radius 2 is 2.19 bits per heavy atom. The van der Waals surface area contributed by atoms with Gasteiger partial charge in [0.2, 0.25) is 0 Å². The molecule has 1 aromatic heterocycles. The summed E-state index contributed by atoms with van der Waals surface area (Å²) in [6.45, 7) is 0. The second kappa shape index (κ2) is 4.40. The number of halogens is 1. The van der Waals surface area contributed by atoms with Crippen LogP contribution < -0.4 is 16.8 Å². The molecule has 1 aliphatic carbocycles. The highest BCUT2D eigenvalue weighted by Gasteiger charge is 2.13. The average molecular weight is 238 g/mol. The van der Waals surface area contributed by atoms with Crippen LogP contribution >= 0.6 is 11.6 Å². The van der Waals surface area contributed by atoms with Crippen molar-refractivity contribution in [3.63, 3.8) is 0 Å². The molecule has 0 aromatic carbocycles. The van der Waals surface area contributed by atoms with E-state index in [-0.39, 0.29) is 11.9 Å². The molecule has 84 valence electrons. The number of anilines is 2. The molecule has 0 bridgehead atoms. The van der Waals surface area contributed by atoms with Gasteiger partial charge in [0.1, 0.15) is 17.2 Å². The maximum absolute atomic E-state index is 5.97. The van der Waals surface area contributed by atoms with E-state index in [0.717, 1.165) is 12.1 Å². The molecule has 1 aromatic rings. The van der Waals surface area contributed by atoms with Crippen LogP contribution in [0.3, 0.4) is 0 Å². The van der Waals surface area contributed by atoms with Crippen LogP contribution in [0.4, 0.5) is 11.6 Å².